The maximum Gasteiger partial charge on any atom is 0.196 e. The van der Waals surface area contributed by atoms with Crippen LogP contribution in [0.1, 0.15) is 25.7 Å². The van der Waals surface area contributed by atoms with Gasteiger partial charge in [0.1, 0.15) is 5.76 Å². The van der Waals surface area contributed by atoms with Crippen molar-refractivity contribution in [3.8, 4) is 0 Å². The molecule has 0 aromatic rings. The summed E-state index contributed by atoms with van der Waals surface area (Å²) in [5.74, 6) is 4.13. The highest BCUT2D eigenvalue weighted by Crippen LogP contribution is 2.67. The summed E-state index contributed by atoms with van der Waals surface area (Å²) in [6.07, 6.45) is 13.3. The molecule has 4 heteroatoms. The van der Waals surface area contributed by atoms with E-state index in [-0.39, 0.29) is 17.3 Å². The van der Waals surface area contributed by atoms with Crippen LogP contribution in [0, 0.1) is 29.1 Å². The number of carbonyl (C=O) groups excluding carboxylic acids is 1. The van der Waals surface area contributed by atoms with E-state index in [1.54, 1.807) is 7.11 Å². The van der Waals surface area contributed by atoms with E-state index < -0.39 is 0 Å². The van der Waals surface area contributed by atoms with Crippen molar-refractivity contribution in [2.45, 2.75) is 37.8 Å². The number of ketones is 1. The first-order valence-electron chi connectivity index (χ1n) is 10.3. The van der Waals surface area contributed by atoms with Crippen LogP contribution in [-0.4, -0.2) is 49.7 Å². The fraction of sp³-hybridized carbons (Fsp3) is 0.682. The van der Waals surface area contributed by atoms with Crippen molar-refractivity contribution in [2.24, 2.45) is 29.1 Å². The topological polar surface area (TPSA) is 35.5 Å². The van der Waals surface area contributed by atoms with E-state index in [2.05, 4.69) is 25.3 Å². The Kier molecular flexibility index (Phi) is 2.88. The van der Waals surface area contributed by atoms with Gasteiger partial charge in [0.25, 0.3) is 0 Å². The molecule has 0 amide bonds. The predicted molar refractivity (Wildman–Crippen MR) is 96.8 cm³/mol. The van der Waals surface area contributed by atoms with E-state index in [1.807, 2.05) is 6.08 Å². The molecule has 4 fully saturated rings. The van der Waals surface area contributed by atoms with Gasteiger partial charge in [-0.3, -0.25) is 4.79 Å². The quantitative estimate of drug-likeness (QED) is 0.731. The minimum Gasteiger partial charge on any atom is -0.493 e. The Morgan fingerprint density at radius 2 is 2.15 bits per heavy atom. The molecule has 0 N–H and O–H groups in total. The number of hydrogen-bond donors (Lipinski definition) is 0. The fourth-order valence-corrected chi connectivity index (χ4v) is 7.22. The van der Waals surface area contributed by atoms with E-state index >= 15 is 0 Å². The summed E-state index contributed by atoms with van der Waals surface area (Å²) in [5.41, 5.74) is -0.0510. The van der Waals surface area contributed by atoms with Crippen LogP contribution < -0.4 is 0 Å². The largest absolute Gasteiger partial charge is 0.493 e. The molecule has 6 rings (SSSR count). The van der Waals surface area contributed by atoms with Crippen LogP contribution in [0.5, 0.6) is 0 Å². The number of hydrogen-bond acceptors (Lipinski definition) is 3. The third-order valence-corrected chi connectivity index (χ3v) is 8.48. The minimum absolute atomic E-state index is 0.0510. The number of allylic oxidation sites excluding steroid dienone is 3. The van der Waals surface area contributed by atoms with Gasteiger partial charge in [-0.1, -0.05) is 12.2 Å². The van der Waals surface area contributed by atoms with Crippen LogP contribution in [-0.2, 0) is 14.3 Å². The molecule has 6 aliphatic rings. The molecule has 2 aliphatic heterocycles. The first kappa shape index (κ1) is 15.5. The highest BCUT2D eigenvalue weighted by molar-refractivity contribution is 5.96. The molecule has 2 bridgehead atoms. The molecule has 138 valence electrons. The van der Waals surface area contributed by atoms with Gasteiger partial charge in [0.2, 0.25) is 0 Å². The van der Waals surface area contributed by atoms with Crippen molar-refractivity contribution in [1.29, 1.82) is 0 Å². The molecule has 1 spiro atoms. The molecule has 4 nitrogen and oxygen atoms in total. The Morgan fingerprint density at radius 1 is 1.31 bits per heavy atom. The molecule has 7 atom stereocenters. The fourth-order valence-electron chi connectivity index (χ4n) is 7.22. The second-order valence-corrected chi connectivity index (χ2v) is 9.71. The Morgan fingerprint density at radius 3 is 2.92 bits per heavy atom. The number of ether oxygens (including phenoxy) is 2. The van der Waals surface area contributed by atoms with Gasteiger partial charge in [-0.25, -0.2) is 0 Å². The van der Waals surface area contributed by atoms with E-state index in [1.165, 1.54) is 36.8 Å². The van der Waals surface area contributed by atoms with Gasteiger partial charge in [0, 0.05) is 36.0 Å². The second-order valence-electron chi connectivity index (χ2n) is 9.71. The zero-order chi connectivity index (χ0) is 17.7. The summed E-state index contributed by atoms with van der Waals surface area (Å²) >= 11 is 0. The Hall–Kier alpha value is -1.55. The molecule has 0 radical (unpaired) electrons. The molecule has 0 aromatic carbocycles. The van der Waals surface area contributed by atoms with Gasteiger partial charge in [0.15, 0.2) is 17.6 Å². The lowest BCUT2D eigenvalue weighted by molar-refractivity contribution is -0.948. The molecule has 26 heavy (non-hydrogen) atoms. The summed E-state index contributed by atoms with van der Waals surface area (Å²) in [7, 11) is 4.19. The predicted octanol–water partition coefficient (Wildman–Crippen LogP) is 2.82. The molecule has 3 unspecified atom stereocenters. The number of methoxy groups -OCH3 is 1. The minimum atomic E-state index is -0.303. The molecule has 2 saturated carbocycles. The lowest BCUT2D eigenvalue weighted by Crippen LogP contribution is -2.71. The van der Waals surface area contributed by atoms with Crippen LogP contribution in [0.3, 0.4) is 0 Å². The lowest BCUT2D eigenvalue weighted by atomic mass is 9.47. The van der Waals surface area contributed by atoms with Crippen LogP contribution in [0.25, 0.3) is 0 Å². The van der Waals surface area contributed by atoms with Crippen molar-refractivity contribution in [2.75, 3.05) is 27.2 Å². The van der Waals surface area contributed by atoms with Crippen molar-refractivity contribution in [3.63, 3.8) is 0 Å². The van der Waals surface area contributed by atoms with Gasteiger partial charge in [-0.05, 0) is 30.9 Å². The third kappa shape index (κ3) is 1.72. The first-order valence-corrected chi connectivity index (χ1v) is 10.3. The van der Waals surface area contributed by atoms with Crippen molar-refractivity contribution in [3.05, 3.63) is 35.8 Å². The van der Waals surface area contributed by atoms with Gasteiger partial charge in [0.05, 0.1) is 33.3 Å². The van der Waals surface area contributed by atoms with E-state index in [4.69, 9.17) is 9.47 Å². The van der Waals surface area contributed by atoms with Gasteiger partial charge in [-0.2, -0.15) is 0 Å². The Balaban J connectivity index is 1.51. The summed E-state index contributed by atoms with van der Waals surface area (Å²) < 4.78 is 13.2. The van der Waals surface area contributed by atoms with Crippen LogP contribution in [0.2, 0.25) is 0 Å². The number of piperidine rings is 1. The zero-order valence-corrected chi connectivity index (χ0v) is 15.7. The second kappa shape index (κ2) is 4.83. The van der Waals surface area contributed by atoms with Gasteiger partial charge >= 0.3 is 0 Å². The smallest absolute Gasteiger partial charge is 0.196 e. The summed E-state index contributed by atoms with van der Waals surface area (Å²) in [4.78, 5) is 12.8. The van der Waals surface area contributed by atoms with Gasteiger partial charge < -0.3 is 14.0 Å². The van der Waals surface area contributed by atoms with Crippen molar-refractivity contribution < 1.29 is 18.8 Å². The average Bonchev–Trinajstić information content (AvgIpc) is 3.37. The Labute approximate surface area is 155 Å². The van der Waals surface area contributed by atoms with Crippen LogP contribution in [0.15, 0.2) is 35.8 Å². The van der Waals surface area contributed by atoms with Crippen LogP contribution >= 0.6 is 0 Å². The zero-order valence-electron chi connectivity index (χ0n) is 15.7. The Bertz CT molecular complexity index is 778. The molecule has 0 aromatic heterocycles. The average molecular weight is 354 g/mol. The number of rotatable bonds is 3. The lowest BCUT2D eigenvalue weighted by Gasteiger charge is -2.62. The maximum absolute atomic E-state index is 12.8. The van der Waals surface area contributed by atoms with Crippen LogP contribution in [0.4, 0.5) is 0 Å². The van der Waals surface area contributed by atoms with E-state index in [0.29, 0.717) is 23.8 Å². The highest BCUT2D eigenvalue weighted by atomic mass is 16.5. The molecular weight excluding hydrogens is 326 g/mol. The number of quaternary nitrogens is 1. The standard InChI is InChI=1S/C22H28NO3/c1-23(12-13-3-4-13)10-9-22-15-6-7-17(24)21(22)26-20-18(25-2)8-5-14(19(20)22)11-16(15)23/h5-8,13-16,19,21H,3-4,9-12H2,1-2H3/q+1/t14?,15-,16+,19?,21-,22-,23?/m0/s1. The van der Waals surface area contributed by atoms with Crippen molar-refractivity contribution >= 4 is 5.78 Å². The number of nitrogens with zero attached hydrogens (tertiary/aromatic N) is 1. The number of likely N-dealkylation sites (tertiary alicyclic amines) is 1. The molecule has 2 heterocycles. The first-order chi connectivity index (χ1) is 12.6. The van der Waals surface area contributed by atoms with E-state index in [9.17, 15) is 4.79 Å². The summed E-state index contributed by atoms with van der Waals surface area (Å²) in [5, 5.41) is 0. The third-order valence-electron chi connectivity index (χ3n) is 8.48. The molecule has 2 saturated heterocycles. The van der Waals surface area contributed by atoms with E-state index in [0.717, 1.165) is 23.9 Å². The monoisotopic (exact) mass is 354 g/mol. The molecular formula is C22H28NO3+. The van der Waals surface area contributed by atoms with Crippen molar-refractivity contribution in [1.82, 2.24) is 0 Å². The highest BCUT2D eigenvalue weighted by Gasteiger charge is 2.72. The SMILES string of the molecule is COC1=C2O[C@H]3C(=O)C=C[C@H]4[C@H]5CC(C=C1)C2[C@@]34CC[N+]5(C)CC1CC1. The normalized spacial score (nSPS) is 50.5. The van der Waals surface area contributed by atoms with Gasteiger partial charge in [-0.15, -0.1) is 0 Å². The number of carbonyl (C=O) groups is 1. The summed E-state index contributed by atoms with van der Waals surface area (Å²) in [6.45, 7) is 2.50. The maximum atomic E-state index is 12.8. The molecule has 4 aliphatic carbocycles. The summed E-state index contributed by atoms with van der Waals surface area (Å²) in [6, 6.07) is 0.606.